The third kappa shape index (κ3) is 2.85. The van der Waals surface area contributed by atoms with E-state index in [0.29, 0.717) is 13.0 Å². The third-order valence-corrected chi connectivity index (χ3v) is 7.56. The topological polar surface area (TPSA) is 69.6 Å². The average molecular weight is 441 g/mol. The van der Waals surface area contributed by atoms with Gasteiger partial charge in [0.05, 0.1) is 23.6 Å². The first-order chi connectivity index (χ1) is 12.4. The highest BCUT2D eigenvalue weighted by molar-refractivity contribution is 9.10. The van der Waals surface area contributed by atoms with E-state index in [4.69, 9.17) is 0 Å². The van der Waals surface area contributed by atoms with Gasteiger partial charge in [0.25, 0.3) is 0 Å². The van der Waals surface area contributed by atoms with E-state index in [-0.39, 0.29) is 23.5 Å². The van der Waals surface area contributed by atoms with Gasteiger partial charge in [0, 0.05) is 22.6 Å². The largest absolute Gasteiger partial charge is 0.394 e. The van der Waals surface area contributed by atoms with Crippen molar-refractivity contribution in [3.05, 3.63) is 58.3 Å². The van der Waals surface area contributed by atoms with Gasteiger partial charge >= 0.3 is 0 Å². The van der Waals surface area contributed by atoms with Crippen LogP contribution in [0.3, 0.4) is 0 Å². The van der Waals surface area contributed by atoms with Gasteiger partial charge in [-0.15, -0.1) is 0 Å². The second-order valence-corrected chi connectivity index (χ2v) is 9.44. The molecule has 0 unspecified atom stereocenters. The van der Waals surface area contributed by atoms with Gasteiger partial charge in [-0.3, -0.25) is 0 Å². The number of hydrogen-bond donors (Lipinski definition) is 2. The molecule has 0 spiro atoms. The van der Waals surface area contributed by atoms with Gasteiger partial charge in [-0.1, -0.05) is 22.0 Å². The number of sulfonamides is 1. The Morgan fingerprint density at radius 2 is 2.08 bits per heavy atom. The van der Waals surface area contributed by atoms with Crippen LogP contribution in [0.2, 0.25) is 0 Å². The highest BCUT2D eigenvalue weighted by Gasteiger charge is 2.48. The lowest BCUT2D eigenvalue weighted by Crippen LogP contribution is -2.42. The molecule has 0 aromatic heterocycles. The van der Waals surface area contributed by atoms with Crippen LogP contribution < -0.4 is 5.32 Å². The van der Waals surface area contributed by atoms with Crippen LogP contribution in [0.15, 0.2) is 51.8 Å². The molecule has 0 amide bonds. The van der Waals surface area contributed by atoms with Crippen LogP contribution in [0.25, 0.3) is 0 Å². The summed E-state index contributed by atoms with van der Waals surface area (Å²) < 4.78 is 42.3. The van der Waals surface area contributed by atoms with Gasteiger partial charge in [-0.05, 0) is 48.4 Å². The zero-order valence-corrected chi connectivity index (χ0v) is 16.2. The fourth-order valence-corrected chi connectivity index (χ4v) is 6.10. The number of fused-ring (bicyclic) bond motifs is 3. The van der Waals surface area contributed by atoms with Crippen molar-refractivity contribution in [1.82, 2.24) is 4.31 Å². The molecule has 2 aliphatic rings. The highest BCUT2D eigenvalue weighted by Crippen LogP contribution is 2.48. The van der Waals surface area contributed by atoms with E-state index in [2.05, 4.69) is 21.2 Å². The number of halogens is 2. The number of anilines is 1. The van der Waals surface area contributed by atoms with Gasteiger partial charge in [-0.25, -0.2) is 12.8 Å². The van der Waals surface area contributed by atoms with Gasteiger partial charge in [0.15, 0.2) is 0 Å². The summed E-state index contributed by atoms with van der Waals surface area (Å²) in [5.74, 6) is -0.631. The maximum absolute atomic E-state index is 13.6. The van der Waals surface area contributed by atoms with E-state index < -0.39 is 21.9 Å². The number of benzene rings is 2. The maximum Gasteiger partial charge on any atom is 0.243 e. The monoisotopic (exact) mass is 440 g/mol. The minimum atomic E-state index is -3.85. The lowest BCUT2D eigenvalue weighted by Gasteiger charge is -2.38. The van der Waals surface area contributed by atoms with Crippen molar-refractivity contribution in [2.24, 2.45) is 5.92 Å². The zero-order chi connectivity index (χ0) is 18.5. The minimum Gasteiger partial charge on any atom is -0.394 e. The first-order valence-electron chi connectivity index (χ1n) is 8.36. The van der Waals surface area contributed by atoms with E-state index in [1.807, 2.05) is 18.2 Å². The van der Waals surface area contributed by atoms with Crippen LogP contribution >= 0.6 is 15.9 Å². The molecular weight excluding hydrogens is 423 g/mol. The third-order valence-electron chi connectivity index (χ3n) is 5.19. The summed E-state index contributed by atoms with van der Waals surface area (Å²) in [5.41, 5.74) is 1.68. The summed E-state index contributed by atoms with van der Waals surface area (Å²) in [5, 5.41) is 13.1. The molecule has 4 rings (SSSR count). The molecule has 5 nitrogen and oxygen atoms in total. The van der Waals surface area contributed by atoms with E-state index in [1.165, 1.54) is 22.5 Å². The molecular formula is C18H18BrFN2O3S. The Hall–Kier alpha value is -1.48. The minimum absolute atomic E-state index is 0.0474. The molecule has 0 radical (unpaired) electrons. The predicted molar refractivity (Wildman–Crippen MR) is 99.8 cm³/mol. The number of aliphatic hydroxyl groups is 1. The van der Waals surface area contributed by atoms with Crippen molar-refractivity contribution in [2.45, 2.75) is 23.4 Å². The van der Waals surface area contributed by atoms with E-state index >= 15 is 0 Å². The molecule has 26 heavy (non-hydrogen) atoms. The normalized spacial score (nSPS) is 25.4. The molecule has 138 valence electrons. The summed E-state index contributed by atoms with van der Waals surface area (Å²) >= 11 is 3.45. The molecule has 0 aliphatic carbocycles. The van der Waals surface area contributed by atoms with Crippen molar-refractivity contribution in [3.8, 4) is 0 Å². The highest BCUT2D eigenvalue weighted by atomic mass is 79.9. The molecule has 1 saturated heterocycles. The van der Waals surface area contributed by atoms with E-state index in [1.54, 1.807) is 0 Å². The SMILES string of the molecule is O=S(=O)(c1cccc(F)c1)N1CC[C@@H]2[C@@H](CO)Nc3ccc(Br)cc3[C@@H]21. The van der Waals surface area contributed by atoms with Crippen LogP contribution in [-0.2, 0) is 10.0 Å². The lowest BCUT2D eigenvalue weighted by molar-refractivity contribution is 0.210. The van der Waals surface area contributed by atoms with Gasteiger partial charge in [-0.2, -0.15) is 4.31 Å². The fraction of sp³-hybridized carbons (Fsp3) is 0.333. The van der Waals surface area contributed by atoms with E-state index in [9.17, 15) is 17.9 Å². The van der Waals surface area contributed by atoms with Gasteiger partial charge < -0.3 is 10.4 Å². The van der Waals surface area contributed by atoms with Crippen LogP contribution in [0.4, 0.5) is 10.1 Å². The molecule has 2 heterocycles. The maximum atomic E-state index is 13.6. The second-order valence-electron chi connectivity index (χ2n) is 6.64. The van der Waals surface area contributed by atoms with Crippen LogP contribution in [0, 0.1) is 11.7 Å². The molecule has 3 atom stereocenters. The summed E-state index contributed by atoms with van der Waals surface area (Å²) in [7, 11) is -3.85. The number of hydrogen-bond acceptors (Lipinski definition) is 4. The van der Waals surface area contributed by atoms with Crippen molar-refractivity contribution in [1.29, 1.82) is 0 Å². The second kappa shape index (κ2) is 6.60. The number of aliphatic hydroxyl groups excluding tert-OH is 1. The van der Waals surface area contributed by atoms with E-state index in [0.717, 1.165) is 21.8 Å². The molecule has 2 N–H and O–H groups in total. The van der Waals surface area contributed by atoms with Gasteiger partial charge in [0.2, 0.25) is 10.0 Å². The molecule has 2 aliphatic heterocycles. The molecule has 8 heteroatoms. The van der Waals surface area contributed by atoms with Crippen LogP contribution in [0.1, 0.15) is 18.0 Å². The van der Waals surface area contributed by atoms with Crippen molar-refractivity contribution < 1.29 is 17.9 Å². The summed E-state index contributed by atoms with van der Waals surface area (Å²) in [6.45, 7) is 0.253. The molecule has 2 aromatic rings. The average Bonchev–Trinajstić information content (AvgIpc) is 3.07. The number of nitrogens with zero attached hydrogens (tertiary/aromatic N) is 1. The first kappa shape index (κ1) is 17.9. The summed E-state index contributed by atoms with van der Waals surface area (Å²) in [6, 6.07) is 10.1. The Morgan fingerprint density at radius 3 is 2.81 bits per heavy atom. The van der Waals surface area contributed by atoms with Crippen LogP contribution in [-0.4, -0.2) is 37.0 Å². The molecule has 0 bridgehead atoms. The van der Waals surface area contributed by atoms with Crippen molar-refractivity contribution in [2.75, 3.05) is 18.5 Å². The zero-order valence-electron chi connectivity index (χ0n) is 13.8. The Balaban J connectivity index is 1.82. The summed E-state index contributed by atoms with van der Waals surface area (Å²) in [4.78, 5) is -0.0474. The smallest absolute Gasteiger partial charge is 0.243 e. The first-order valence-corrected chi connectivity index (χ1v) is 10.6. The van der Waals surface area contributed by atoms with Crippen LogP contribution in [0.5, 0.6) is 0 Å². The van der Waals surface area contributed by atoms with Crippen molar-refractivity contribution in [3.63, 3.8) is 0 Å². The lowest BCUT2D eigenvalue weighted by atomic mass is 9.84. The van der Waals surface area contributed by atoms with Gasteiger partial charge in [0.1, 0.15) is 5.82 Å². The molecule has 2 aromatic carbocycles. The standard InChI is InChI=1S/C18H18BrFN2O3S/c19-11-4-5-16-15(8-11)18-14(17(10-23)21-16)6-7-22(18)26(24,25)13-3-1-2-12(20)9-13/h1-5,8-9,14,17-18,21,23H,6-7,10H2/t14-,17-,18-/m1/s1. The summed E-state index contributed by atoms with van der Waals surface area (Å²) in [6.07, 6.45) is 0.628. The van der Waals surface area contributed by atoms with Crippen molar-refractivity contribution >= 4 is 31.6 Å². The Bertz CT molecular complexity index is 953. The molecule has 0 saturated carbocycles. The Labute approximate surface area is 160 Å². The number of nitrogens with one attached hydrogen (secondary N) is 1. The molecule has 1 fully saturated rings. The Kier molecular flexibility index (Phi) is 4.54. The number of rotatable bonds is 3. The quantitative estimate of drug-likeness (QED) is 0.768. The Morgan fingerprint density at radius 1 is 1.27 bits per heavy atom. The predicted octanol–water partition coefficient (Wildman–Crippen LogP) is 3.13. The fourth-order valence-electron chi connectivity index (χ4n) is 4.02.